The van der Waals surface area contributed by atoms with Crippen molar-refractivity contribution in [2.75, 3.05) is 0 Å². The second-order valence-electron chi connectivity index (χ2n) is 6.79. The number of aromatic nitrogens is 5. The number of hydrogen-bond acceptors (Lipinski definition) is 5. The number of carbonyl (C=O) groups is 1. The maximum atomic E-state index is 12.9. The number of hydrogen-bond donors (Lipinski definition) is 2. The SMILES string of the molecule is Cc1nc(C(C)NC(=O)Cn2nc(-c3ccccc3)c3ccccc3c2=O)n[nH]1. The van der Waals surface area contributed by atoms with E-state index in [-0.39, 0.29) is 18.0 Å². The minimum atomic E-state index is -0.391. The van der Waals surface area contributed by atoms with E-state index in [1.807, 2.05) is 42.5 Å². The summed E-state index contributed by atoms with van der Waals surface area (Å²) < 4.78 is 1.20. The lowest BCUT2D eigenvalue weighted by atomic mass is 10.1. The minimum Gasteiger partial charge on any atom is -0.345 e. The van der Waals surface area contributed by atoms with Gasteiger partial charge in [0, 0.05) is 10.9 Å². The molecule has 0 aliphatic heterocycles. The van der Waals surface area contributed by atoms with Gasteiger partial charge in [-0.05, 0) is 19.9 Å². The Morgan fingerprint density at radius 1 is 1.10 bits per heavy atom. The van der Waals surface area contributed by atoms with E-state index in [1.54, 1.807) is 26.0 Å². The summed E-state index contributed by atoms with van der Waals surface area (Å²) in [5, 5.41) is 15.4. The van der Waals surface area contributed by atoms with Crippen LogP contribution >= 0.6 is 0 Å². The monoisotopic (exact) mass is 388 g/mol. The smallest absolute Gasteiger partial charge is 0.275 e. The zero-order valence-corrected chi connectivity index (χ0v) is 16.1. The summed E-state index contributed by atoms with van der Waals surface area (Å²) in [7, 11) is 0. The number of amides is 1. The highest BCUT2D eigenvalue weighted by Crippen LogP contribution is 2.24. The highest BCUT2D eigenvalue weighted by Gasteiger charge is 2.17. The third-order valence-electron chi connectivity index (χ3n) is 4.59. The maximum Gasteiger partial charge on any atom is 0.275 e. The summed E-state index contributed by atoms with van der Waals surface area (Å²) in [6, 6.07) is 16.5. The van der Waals surface area contributed by atoms with Gasteiger partial charge in [0.2, 0.25) is 5.91 Å². The molecule has 0 saturated heterocycles. The lowest BCUT2D eigenvalue weighted by Crippen LogP contribution is -2.35. The van der Waals surface area contributed by atoms with Crippen LogP contribution in [0.2, 0.25) is 0 Å². The predicted molar refractivity (Wildman–Crippen MR) is 109 cm³/mol. The van der Waals surface area contributed by atoms with Gasteiger partial charge in [0.15, 0.2) is 5.82 Å². The molecule has 2 aromatic carbocycles. The fraction of sp³-hybridized carbons (Fsp3) is 0.190. The summed E-state index contributed by atoms with van der Waals surface area (Å²) in [6.07, 6.45) is 0. The molecular weight excluding hydrogens is 368 g/mol. The molecule has 0 radical (unpaired) electrons. The van der Waals surface area contributed by atoms with Gasteiger partial charge >= 0.3 is 0 Å². The Morgan fingerprint density at radius 2 is 1.79 bits per heavy atom. The normalized spacial score (nSPS) is 12.1. The lowest BCUT2D eigenvalue weighted by Gasteiger charge is -2.13. The fourth-order valence-corrected chi connectivity index (χ4v) is 3.19. The van der Waals surface area contributed by atoms with Crippen LogP contribution in [0.15, 0.2) is 59.4 Å². The zero-order valence-electron chi connectivity index (χ0n) is 16.1. The molecule has 4 aromatic rings. The molecule has 146 valence electrons. The van der Waals surface area contributed by atoms with Crippen molar-refractivity contribution >= 4 is 16.7 Å². The van der Waals surface area contributed by atoms with E-state index in [4.69, 9.17) is 0 Å². The van der Waals surface area contributed by atoms with Gasteiger partial charge in [-0.2, -0.15) is 10.2 Å². The minimum absolute atomic E-state index is 0.197. The lowest BCUT2D eigenvalue weighted by molar-refractivity contribution is -0.122. The predicted octanol–water partition coefficient (Wildman–Crippen LogP) is 2.37. The van der Waals surface area contributed by atoms with E-state index in [0.29, 0.717) is 22.7 Å². The molecule has 4 rings (SSSR count). The molecular formula is C21H20N6O2. The molecule has 1 unspecified atom stereocenters. The molecule has 8 heteroatoms. The molecule has 1 amide bonds. The second kappa shape index (κ2) is 7.67. The number of benzene rings is 2. The van der Waals surface area contributed by atoms with Gasteiger partial charge in [-0.25, -0.2) is 9.67 Å². The number of rotatable bonds is 5. The van der Waals surface area contributed by atoms with Crippen LogP contribution in [-0.4, -0.2) is 30.9 Å². The Kier molecular flexibility index (Phi) is 4.90. The first-order chi connectivity index (χ1) is 14.0. The van der Waals surface area contributed by atoms with Crippen LogP contribution in [0.4, 0.5) is 0 Å². The summed E-state index contributed by atoms with van der Waals surface area (Å²) in [4.78, 5) is 29.7. The fourth-order valence-electron chi connectivity index (χ4n) is 3.19. The molecule has 2 N–H and O–H groups in total. The van der Waals surface area contributed by atoms with Crippen molar-refractivity contribution in [2.45, 2.75) is 26.4 Å². The molecule has 0 spiro atoms. The molecule has 29 heavy (non-hydrogen) atoms. The summed E-state index contributed by atoms with van der Waals surface area (Å²) in [5.41, 5.74) is 1.23. The molecule has 0 fully saturated rings. The van der Waals surface area contributed by atoms with Crippen LogP contribution < -0.4 is 10.9 Å². The number of aromatic amines is 1. The van der Waals surface area contributed by atoms with Gasteiger partial charge in [-0.15, -0.1) is 0 Å². The van der Waals surface area contributed by atoms with Crippen LogP contribution in [0.1, 0.15) is 24.6 Å². The number of aryl methyl sites for hydroxylation is 1. The van der Waals surface area contributed by atoms with Crippen molar-refractivity contribution in [3.05, 3.63) is 76.6 Å². The van der Waals surface area contributed by atoms with Crippen molar-refractivity contribution in [2.24, 2.45) is 0 Å². The first-order valence-corrected chi connectivity index (χ1v) is 9.26. The van der Waals surface area contributed by atoms with Crippen molar-refractivity contribution in [1.82, 2.24) is 30.3 Å². The summed E-state index contributed by atoms with van der Waals surface area (Å²) >= 11 is 0. The Labute approximate surface area is 166 Å². The third kappa shape index (κ3) is 3.77. The van der Waals surface area contributed by atoms with Gasteiger partial charge in [0.05, 0.1) is 17.1 Å². The van der Waals surface area contributed by atoms with E-state index in [1.165, 1.54) is 4.68 Å². The highest BCUT2D eigenvalue weighted by molar-refractivity contribution is 5.93. The summed E-state index contributed by atoms with van der Waals surface area (Å²) in [6.45, 7) is 3.37. The number of nitrogens with one attached hydrogen (secondary N) is 2. The first kappa shape index (κ1) is 18.5. The van der Waals surface area contributed by atoms with E-state index in [0.717, 1.165) is 10.9 Å². The van der Waals surface area contributed by atoms with Crippen LogP contribution in [-0.2, 0) is 11.3 Å². The largest absolute Gasteiger partial charge is 0.345 e. The standard InChI is InChI=1S/C21H20N6O2/c1-13(20-23-14(2)24-25-20)22-18(28)12-27-21(29)17-11-7-6-10-16(17)19(26-27)15-8-4-3-5-9-15/h3-11,13H,12H2,1-2H3,(H,22,28)(H,23,24,25). The number of carbonyl (C=O) groups excluding carboxylic acids is 1. The second-order valence-corrected chi connectivity index (χ2v) is 6.79. The highest BCUT2D eigenvalue weighted by atomic mass is 16.2. The average molecular weight is 388 g/mol. The Morgan fingerprint density at radius 3 is 2.48 bits per heavy atom. The maximum absolute atomic E-state index is 12.9. The van der Waals surface area contributed by atoms with E-state index < -0.39 is 6.04 Å². The molecule has 2 aromatic heterocycles. The average Bonchev–Trinajstić information content (AvgIpc) is 3.17. The van der Waals surface area contributed by atoms with Crippen LogP contribution in [0.5, 0.6) is 0 Å². The third-order valence-corrected chi connectivity index (χ3v) is 4.59. The molecule has 0 aliphatic rings. The van der Waals surface area contributed by atoms with Crippen LogP contribution in [0.3, 0.4) is 0 Å². The van der Waals surface area contributed by atoms with Gasteiger partial charge in [0.25, 0.3) is 5.56 Å². The first-order valence-electron chi connectivity index (χ1n) is 9.26. The Hall–Kier alpha value is -3.81. The summed E-state index contributed by atoms with van der Waals surface area (Å²) in [5.74, 6) is 0.810. The van der Waals surface area contributed by atoms with E-state index >= 15 is 0 Å². The number of H-pyrrole nitrogens is 1. The van der Waals surface area contributed by atoms with Crippen LogP contribution in [0, 0.1) is 6.92 Å². The zero-order chi connectivity index (χ0) is 20.4. The van der Waals surface area contributed by atoms with Crippen LogP contribution in [0.25, 0.3) is 22.0 Å². The Balaban J connectivity index is 1.68. The molecule has 0 aliphatic carbocycles. The molecule has 1 atom stereocenters. The quantitative estimate of drug-likeness (QED) is 0.546. The van der Waals surface area contributed by atoms with Gasteiger partial charge < -0.3 is 5.32 Å². The van der Waals surface area contributed by atoms with E-state index in [2.05, 4.69) is 25.6 Å². The van der Waals surface area contributed by atoms with Gasteiger partial charge in [0.1, 0.15) is 12.4 Å². The van der Waals surface area contributed by atoms with Crippen molar-refractivity contribution in [3.63, 3.8) is 0 Å². The molecule has 8 nitrogen and oxygen atoms in total. The molecule has 0 bridgehead atoms. The topological polar surface area (TPSA) is 106 Å². The molecule has 2 heterocycles. The molecule has 0 saturated carbocycles. The van der Waals surface area contributed by atoms with E-state index in [9.17, 15) is 9.59 Å². The van der Waals surface area contributed by atoms with Crippen molar-refractivity contribution < 1.29 is 4.79 Å². The Bertz CT molecular complexity index is 1230. The van der Waals surface area contributed by atoms with Crippen molar-refractivity contribution in [1.29, 1.82) is 0 Å². The van der Waals surface area contributed by atoms with Crippen molar-refractivity contribution in [3.8, 4) is 11.3 Å². The van der Waals surface area contributed by atoms with Gasteiger partial charge in [-0.1, -0.05) is 48.5 Å². The number of fused-ring (bicyclic) bond motifs is 1. The van der Waals surface area contributed by atoms with Gasteiger partial charge in [-0.3, -0.25) is 14.7 Å². The number of nitrogens with zero attached hydrogens (tertiary/aromatic N) is 4.